The van der Waals surface area contributed by atoms with Crippen molar-refractivity contribution in [2.45, 2.75) is 50.8 Å². The zero-order valence-corrected chi connectivity index (χ0v) is 16.0. The molecule has 0 aromatic heterocycles. The molecule has 1 aromatic rings. The predicted molar refractivity (Wildman–Crippen MR) is 97.8 cm³/mol. The Hall–Kier alpha value is -1.40. The zero-order chi connectivity index (χ0) is 18.0. The van der Waals surface area contributed by atoms with E-state index in [0.29, 0.717) is 18.0 Å². The number of nitrogens with zero attached hydrogens (tertiary/aromatic N) is 2. The molecule has 2 saturated heterocycles. The number of sulfonamides is 1. The summed E-state index contributed by atoms with van der Waals surface area (Å²) in [4.78, 5) is 15.1. The average molecular weight is 365 g/mol. The Morgan fingerprint density at radius 1 is 1.04 bits per heavy atom. The number of carbonyl (C=O) groups is 1. The van der Waals surface area contributed by atoms with E-state index in [1.54, 1.807) is 6.07 Å². The van der Waals surface area contributed by atoms with Gasteiger partial charge in [-0.2, -0.15) is 4.31 Å². The van der Waals surface area contributed by atoms with Crippen molar-refractivity contribution in [2.75, 3.05) is 26.2 Å². The van der Waals surface area contributed by atoms with Crippen LogP contribution in [0.5, 0.6) is 0 Å². The first-order valence-corrected chi connectivity index (χ1v) is 10.7. The molecule has 0 N–H and O–H groups in total. The molecule has 2 fully saturated rings. The van der Waals surface area contributed by atoms with Crippen LogP contribution in [-0.2, 0) is 14.8 Å². The Bertz CT molecular complexity index is 739. The normalized spacial score (nSPS) is 22.8. The fraction of sp³-hybridized carbons (Fsp3) is 0.632. The van der Waals surface area contributed by atoms with Crippen molar-refractivity contribution in [3.05, 3.63) is 29.3 Å². The smallest absolute Gasteiger partial charge is 0.243 e. The van der Waals surface area contributed by atoms with Crippen LogP contribution in [0, 0.1) is 19.8 Å². The highest BCUT2D eigenvalue weighted by Crippen LogP contribution is 2.27. The largest absolute Gasteiger partial charge is 0.342 e. The topological polar surface area (TPSA) is 57.7 Å². The van der Waals surface area contributed by atoms with Crippen LogP contribution in [0.2, 0.25) is 0 Å². The van der Waals surface area contributed by atoms with E-state index in [0.717, 1.165) is 49.9 Å². The summed E-state index contributed by atoms with van der Waals surface area (Å²) in [5, 5.41) is 0. The van der Waals surface area contributed by atoms with Crippen molar-refractivity contribution in [3.8, 4) is 0 Å². The highest BCUT2D eigenvalue weighted by molar-refractivity contribution is 7.89. The molecule has 2 aliphatic rings. The molecular weight excluding hydrogens is 336 g/mol. The predicted octanol–water partition coefficient (Wildman–Crippen LogP) is 2.72. The van der Waals surface area contributed by atoms with E-state index in [2.05, 4.69) is 0 Å². The molecule has 1 aromatic carbocycles. The summed E-state index contributed by atoms with van der Waals surface area (Å²) in [6.07, 6.45) is 4.83. The Kier molecular flexibility index (Phi) is 5.49. The summed E-state index contributed by atoms with van der Waals surface area (Å²) in [6.45, 7) is 6.17. The minimum atomic E-state index is -3.55. The molecule has 2 aliphatic heterocycles. The molecule has 3 rings (SSSR count). The van der Waals surface area contributed by atoms with Crippen molar-refractivity contribution in [1.29, 1.82) is 0 Å². The zero-order valence-electron chi connectivity index (χ0n) is 15.2. The van der Waals surface area contributed by atoms with Crippen molar-refractivity contribution in [2.24, 2.45) is 5.92 Å². The van der Waals surface area contributed by atoms with Crippen LogP contribution >= 0.6 is 0 Å². The van der Waals surface area contributed by atoms with Crippen LogP contribution in [0.1, 0.15) is 43.2 Å². The maximum absolute atomic E-state index is 13.1. The number of piperidine rings is 2. The van der Waals surface area contributed by atoms with E-state index in [9.17, 15) is 13.2 Å². The van der Waals surface area contributed by atoms with Gasteiger partial charge in [0.2, 0.25) is 15.9 Å². The molecule has 1 atom stereocenters. The second-order valence-electron chi connectivity index (χ2n) is 7.36. The molecule has 6 heteroatoms. The number of benzene rings is 1. The van der Waals surface area contributed by atoms with E-state index in [4.69, 9.17) is 0 Å². The van der Waals surface area contributed by atoms with Crippen LogP contribution in [0.15, 0.2) is 23.1 Å². The monoisotopic (exact) mass is 364 g/mol. The molecular formula is C19H28N2O3S. The molecule has 0 saturated carbocycles. The summed E-state index contributed by atoms with van der Waals surface area (Å²) in [5.41, 5.74) is 1.69. The van der Waals surface area contributed by atoms with E-state index in [1.807, 2.05) is 30.9 Å². The van der Waals surface area contributed by atoms with Gasteiger partial charge in [0.05, 0.1) is 10.8 Å². The van der Waals surface area contributed by atoms with E-state index >= 15 is 0 Å². The van der Waals surface area contributed by atoms with Gasteiger partial charge in [0.1, 0.15) is 0 Å². The summed E-state index contributed by atoms with van der Waals surface area (Å²) in [5.74, 6) is -0.0627. The molecule has 0 radical (unpaired) electrons. The summed E-state index contributed by atoms with van der Waals surface area (Å²) in [7, 11) is -3.55. The van der Waals surface area contributed by atoms with Crippen molar-refractivity contribution < 1.29 is 13.2 Å². The lowest BCUT2D eigenvalue weighted by Crippen LogP contribution is -2.47. The Labute approximate surface area is 151 Å². The van der Waals surface area contributed by atoms with Crippen LogP contribution in [0.4, 0.5) is 0 Å². The second kappa shape index (κ2) is 7.46. The molecule has 0 unspecified atom stereocenters. The van der Waals surface area contributed by atoms with Gasteiger partial charge in [0, 0.05) is 26.2 Å². The Balaban J connectivity index is 1.78. The number of carbonyl (C=O) groups excluding carboxylic acids is 1. The molecule has 1 amide bonds. The SMILES string of the molecule is Cc1ccc(C)c(S(=O)(=O)N2CCC[C@@H](C(=O)N3CCCCC3)C2)c1. The number of amides is 1. The molecule has 0 aliphatic carbocycles. The van der Waals surface area contributed by atoms with Crippen LogP contribution in [0.25, 0.3) is 0 Å². The Morgan fingerprint density at radius 3 is 2.48 bits per heavy atom. The number of aryl methyl sites for hydroxylation is 2. The van der Waals surface area contributed by atoms with Gasteiger partial charge in [0.25, 0.3) is 0 Å². The molecule has 25 heavy (non-hydrogen) atoms. The van der Waals surface area contributed by atoms with Gasteiger partial charge in [-0.25, -0.2) is 8.42 Å². The highest BCUT2D eigenvalue weighted by atomic mass is 32.2. The van der Waals surface area contributed by atoms with Crippen LogP contribution < -0.4 is 0 Å². The summed E-state index contributed by atoms with van der Waals surface area (Å²) >= 11 is 0. The minimum Gasteiger partial charge on any atom is -0.342 e. The lowest BCUT2D eigenvalue weighted by Gasteiger charge is -2.35. The summed E-state index contributed by atoms with van der Waals surface area (Å²) in [6, 6.07) is 5.51. The van der Waals surface area contributed by atoms with Gasteiger partial charge in [0.15, 0.2) is 0 Å². The lowest BCUT2D eigenvalue weighted by molar-refractivity contribution is -0.137. The fourth-order valence-electron chi connectivity index (χ4n) is 3.86. The molecule has 5 nitrogen and oxygen atoms in total. The fourth-order valence-corrected chi connectivity index (χ4v) is 5.69. The van der Waals surface area contributed by atoms with Crippen molar-refractivity contribution in [3.63, 3.8) is 0 Å². The first kappa shape index (κ1) is 18.4. The van der Waals surface area contributed by atoms with Gasteiger partial charge < -0.3 is 4.90 Å². The highest BCUT2D eigenvalue weighted by Gasteiger charge is 2.35. The maximum Gasteiger partial charge on any atom is 0.243 e. The molecule has 2 heterocycles. The van der Waals surface area contributed by atoms with Gasteiger partial charge in [-0.3, -0.25) is 4.79 Å². The number of rotatable bonds is 3. The third kappa shape index (κ3) is 3.90. The van der Waals surface area contributed by atoms with Gasteiger partial charge in [-0.05, 0) is 63.1 Å². The quantitative estimate of drug-likeness (QED) is 0.829. The van der Waals surface area contributed by atoms with Gasteiger partial charge in [-0.15, -0.1) is 0 Å². The minimum absolute atomic E-state index is 0.139. The lowest BCUT2D eigenvalue weighted by atomic mass is 9.97. The van der Waals surface area contributed by atoms with Crippen molar-refractivity contribution >= 4 is 15.9 Å². The third-order valence-corrected chi connectivity index (χ3v) is 7.37. The third-order valence-electron chi connectivity index (χ3n) is 5.36. The standard InChI is InChI=1S/C19H28N2O3S/c1-15-8-9-16(2)18(13-15)25(23,24)21-12-6-7-17(14-21)19(22)20-10-4-3-5-11-20/h8-9,13,17H,3-7,10-12,14H2,1-2H3/t17-/m1/s1. The first-order chi connectivity index (χ1) is 11.9. The molecule has 138 valence electrons. The number of likely N-dealkylation sites (tertiary alicyclic amines) is 1. The van der Waals surface area contributed by atoms with Crippen molar-refractivity contribution in [1.82, 2.24) is 9.21 Å². The van der Waals surface area contributed by atoms with Crippen LogP contribution in [-0.4, -0.2) is 49.7 Å². The summed E-state index contributed by atoms with van der Waals surface area (Å²) < 4.78 is 27.7. The average Bonchev–Trinajstić information content (AvgIpc) is 2.64. The molecule has 0 bridgehead atoms. The molecule has 0 spiro atoms. The van der Waals surface area contributed by atoms with Gasteiger partial charge >= 0.3 is 0 Å². The van der Waals surface area contributed by atoms with Gasteiger partial charge in [-0.1, -0.05) is 12.1 Å². The maximum atomic E-state index is 13.1. The first-order valence-electron chi connectivity index (χ1n) is 9.26. The second-order valence-corrected chi connectivity index (χ2v) is 9.26. The number of hydrogen-bond donors (Lipinski definition) is 0. The van der Waals surface area contributed by atoms with E-state index < -0.39 is 10.0 Å². The van der Waals surface area contributed by atoms with E-state index in [1.165, 1.54) is 10.7 Å². The van der Waals surface area contributed by atoms with E-state index in [-0.39, 0.29) is 11.8 Å². The Morgan fingerprint density at radius 2 is 1.76 bits per heavy atom. The number of hydrogen-bond acceptors (Lipinski definition) is 3. The van der Waals surface area contributed by atoms with Crippen LogP contribution in [0.3, 0.4) is 0 Å².